The largest absolute Gasteiger partial charge is 0.478 e. The molecule has 1 amide bonds. The second-order valence-corrected chi connectivity index (χ2v) is 5.64. The molecule has 0 aromatic heterocycles. The van der Waals surface area contributed by atoms with E-state index in [0.717, 1.165) is 18.5 Å². The van der Waals surface area contributed by atoms with E-state index in [2.05, 4.69) is 5.32 Å². The van der Waals surface area contributed by atoms with Gasteiger partial charge in [-0.05, 0) is 43.5 Å². The summed E-state index contributed by atoms with van der Waals surface area (Å²) in [6, 6.07) is 7.23. The van der Waals surface area contributed by atoms with Gasteiger partial charge in [0.15, 0.2) is 0 Å². The van der Waals surface area contributed by atoms with Crippen LogP contribution in [0, 0.1) is 5.92 Å². The van der Waals surface area contributed by atoms with Gasteiger partial charge in [-0.15, -0.1) is 0 Å². The number of carbonyl (C=O) groups is 2. The molecule has 5 nitrogen and oxygen atoms in total. The lowest BCUT2D eigenvalue weighted by molar-refractivity contribution is -0.122. The van der Waals surface area contributed by atoms with Gasteiger partial charge >= 0.3 is 5.97 Å². The fraction of sp³-hybridized carbons (Fsp3) is 0.467. The number of nitrogens with one attached hydrogen (secondary N) is 1. The quantitative estimate of drug-likeness (QED) is 0.876. The highest BCUT2D eigenvalue weighted by Crippen LogP contribution is 2.34. The van der Waals surface area contributed by atoms with Gasteiger partial charge in [-0.2, -0.15) is 0 Å². The van der Waals surface area contributed by atoms with Crippen LogP contribution in [-0.4, -0.2) is 36.1 Å². The summed E-state index contributed by atoms with van der Waals surface area (Å²) in [6.07, 6.45) is 3.17. The number of benzene rings is 1. The van der Waals surface area contributed by atoms with Crippen LogP contribution in [0.3, 0.4) is 0 Å². The Balaban J connectivity index is 1.73. The highest BCUT2D eigenvalue weighted by molar-refractivity contribution is 5.96. The van der Waals surface area contributed by atoms with Crippen molar-refractivity contribution < 1.29 is 14.7 Å². The van der Waals surface area contributed by atoms with Gasteiger partial charge in [0.05, 0.1) is 11.5 Å². The monoisotopic (exact) mass is 274 g/mol. The molecule has 0 saturated carbocycles. The smallest absolute Gasteiger partial charge is 0.335 e. The highest BCUT2D eigenvalue weighted by Gasteiger charge is 2.43. The topological polar surface area (TPSA) is 69.6 Å². The molecule has 20 heavy (non-hydrogen) atoms. The Labute approximate surface area is 117 Å². The zero-order valence-corrected chi connectivity index (χ0v) is 11.4. The molecule has 2 aliphatic heterocycles. The maximum atomic E-state index is 12.5. The van der Waals surface area contributed by atoms with Crippen molar-refractivity contribution in [1.82, 2.24) is 5.32 Å². The first-order chi connectivity index (χ1) is 9.56. The molecule has 3 unspecified atom stereocenters. The first-order valence-electron chi connectivity index (χ1n) is 6.93. The van der Waals surface area contributed by atoms with Gasteiger partial charge in [0, 0.05) is 24.8 Å². The average Bonchev–Trinajstić information content (AvgIpc) is 3.08. The molecule has 0 spiro atoms. The molecule has 2 saturated heterocycles. The molecule has 2 N–H and O–H groups in total. The van der Waals surface area contributed by atoms with Gasteiger partial charge in [-0.3, -0.25) is 4.79 Å². The summed E-state index contributed by atoms with van der Waals surface area (Å²) in [6.45, 7) is 0. The second-order valence-electron chi connectivity index (χ2n) is 5.64. The van der Waals surface area contributed by atoms with Gasteiger partial charge in [0.25, 0.3) is 0 Å². The molecular weight excluding hydrogens is 256 g/mol. The highest BCUT2D eigenvalue weighted by atomic mass is 16.4. The van der Waals surface area contributed by atoms with E-state index in [4.69, 9.17) is 5.11 Å². The Morgan fingerprint density at radius 3 is 2.45 bits per heavy atom. The molecule has 106 valence electrons. The standard InChI is InChI=1S/C15H18N2O3/c1-17(11-5-2-9(3-6-11)15(19)20)14(18)12-8-10-4-7-13(12)16-10/h2-3,5-6,10,12-13,16H,4,7-8H2,1H3,(H,19,20). The van der Waals surface area contributed by atoms with Crippen molar-refractivity contribution in [2.45, 2.75) is 31.3 Å². The van der Waals surface area contributed by atoms with Gasteiger partial charge in [0.2, 0.25) is 5.91 Å². The minimum absolute atomic E-state index is 0.0536. The van der Waals surface area contributed by atoms with Crippen LogP contribution in [-0.2, 0) is 4.79 Å². The van der Waals surface area contributed by atoms with Crippen molar-refractivity contribution >= 4 is 17.6 Å². The summed E-state index contributed by atoms with van der Waals surface area (Å²) in [5.74, 6) is -0.784. The number of fused-ring (bicyclic) bond motifs is 2. The fourth-order valence-electron chi connectivity index (χ4n) is 3.30. The molecule has 2 aliphatic rings. The Bertz CT molecular complexity index is 541. The number of nitrogens with zero attached hydrogens (tertiary/aromatic N) is 1. The number of hydrogen-bond acceptors (Lipinski definition) is 3. The Kier molecular flexibility index (Phi) is 3.22. The van der Waals surface area contributed by atoms with Crippen molar-refractivity contribution in [2.75, 3.05) is 11.9 Å². The van der Waals surface area contributed by atoms with Crippen LogP contribution < -0.4 is 10.2 Å². The number of carboxylic acid groups (broad SMARTS) is 1. The number of amides is 1. The van der Waals surface area contributed by atoms with E-state index in [1.807, 2.05) is 0 Å². The SMILES string of the molecule is CN(C(=O)C1CC2CCC1N2)c1ccc(C(=O)O)cc1. The zero-order chi connectivity index (χ0) is 14.3. The summed E-state index contributed by atoms with van der Waals surface area (Å²) in [5.41, 5.74) is 0.971. The third kappa shape index (κ3) is 2.18. The predicted octanol–water partition coefficient (Wildman–Crippen LogP) is 1.49. The van der Waals surface area contributed by atoms with Crippen LogP contribution in [0.25, 0.3) is 0 Å². The summed E-state index contributed by atoms with van der Waals surface area (Å²) in [7, 11) is 1.75. The summed E-state index contributed by atoms with van der Waals surface area (Å²) >= 11 is 0. The molecule has 2 heterocycles. The van der Waals surface area contributed by atoms with Crippen molar-refractivity contribution in [3.8, 4) is 0 Å². The molecule has 5 heteroatoms. The van der Waals surface area contributed by atoms with E-state index < -0.39 is 5.97 Å². The third-order valence-corrected chi connectivity index (χ3v) is 4.45. The van der Waals surface area contributed by atoms with E-state index in [9.17, 15) is 9.59 Å². The lowest BCUT2D eigenvalue weighted by Crippen LogP contribution is -2.38. The van der Waals surface area contributed by atoms with Gasteiger partial charge in [-0.1, -0.05) is 0 Å². The molecule has 0 radical (unpaired) electrons. The van der Waals surface area contributed by atoms with Gasteiger partial charge in [-0.25, -0.2) is 4.79 Å². The molecule has 2 fully saturated rings. The van der Waals surface area contributed by atoms with Crippen LogP contribution >= 0.6 is 0 Å². The molecule has 3 atom stereocenters. The van der Waals surface area contributed by atoms with E-state index >= 15 is 0 Å². The lowest BCUT2D eigenvalue weighted by atomic mass is 9.88. The van der Waals surface area contributed by atoms with Crippen molar-refractivity contribution in [2.24, 2.45) is 5.92 Å². The summed E-state index contributed by atoms with van der Waals surface area (Å²) in [5, 5.41) is 12.3. The zero-order valence-electron chi connectivity index (χ0n) is 11.4. The van der Waals surface area contributed by atoms with Crippen molar-refractivity contribution in [1.29, 1.82) is 0 Å². The van der Waals surface area contributed by atoms with Crippen LogP contribution in [0.15, 0.2) is 24.3 Å². The van der Waals surface area contributed by atoms with Crippen LogP contribution in [0.5, 0.6) is 0 Å². The number of carboxylic acids is 1. The number of aromatic carboxylic acids is 1. The van der Waals surface area contributed by atoms with Crippen LogP contribution in [0.2, 0.25) is 0 Å². The summed E-state index contributed by atoms with van der Waals surface area (Å²) < 4.78 is 0. The predicted molar refractivity (Wildman–Crippen MR) is 74.9 cm³/mol. The maximum absolute atomic E-state index is 12.5. The number of anilines is 1. The van der Waals surface area contributed by atoms with Crippen LogP contribution in [0.1, 0.15) is 29.6 Å². The number of carbonyl (C=O) groups excluding carboxylic acids is 1. The van der Waals surface area contributed by atoms with Crippen LogP contribution in [0.4, 0.5) is 5.69 Å². The van der Waals surface area contributed by atoms with Crippen molar-refractivity contribution in [3.05, 3.63) is 29.8 Å². The molecule has 3 rings (SSSR count). The maximum Gasteiger partial charge on any atom is 0.335 e. The molecule has 1 aromatic carbocycles. The molecular formula is C15H18N2O3. The molecule has 0 aliphatic carbocycles. The third-order valence-electron chi connectivity index (χ3n) is 4.45. The van der Waals surface area contributed by atoms with Gasteiger partial charge < -0.3 is 15.3 Å². The van der Waals surface area contributed by atoms with Crippen molar-refractivity contribution in [3.63, 3.8) is 0 Å². The van der Waals surface area contributed by atoms with E-state index in [1.54, 1.807) is 24.1 Å². The summed E-state index contributed by atoms with van der Waals surface area (Å²) in [4.78, 5) is 25.0. The Morgan fingerprint density at radius 1 is 1.25 bits per heavy atom. The van der Waals surface area contributed by atoms with E-state index in [-0.39, 0.29) is 17.4 Å². The van der Waals surface area contributed by atoms with Gasteiger partial charge in [0.1, 0.15) is 0 Å². The average molecular weight is 274 g/mol. The number of hydrogen-bond donors (Lipinski definition) is 2. The molecule has 2 bridgehead atoms. The van der Waals surface area contributed by atoms with E-state index in [0.29, 0.717) is 12.1 Å². The molecule has 1 aromatic rings. The Hall–Kier alpha value is -1.88. The second kappa shape index (κ2) is 4.90. The van der Waals surface area contributed by atoms with E-state index in [1.165, 1.54) is 18.6 Å². The normalized spacial score (nSPS) is 27.6. The fourth-order valence-corrected chi connectivity index (χ4v) is 3.30. The number of rotatable bonds is 3. The first-order valence-corrected chi connectivity index (χ1v) is 6.93. The minimum Gasteiger partial charge on any atom is -0.478 e. The Morgan fingerprint density at radius 2 is 1.95 bits per heavy atom. The lowest BCUT2D eigenvalue weighted by Gasteiger charge is -2.25. The minimum atomic E-state index is -0.956. The first kappa shape index (κ1) is 13.1.